The molecule has 1 aromatic heterocycles. The molecule has 242 valence electrons. The third-order valence-corrected chi connectivity index (χ3v) is 10.0. The Kier molecular flexibility index (Phi) is 7.75. The van der Waals surface area contributed by atoms with Crippen molar-refractivity contribution in [3.63, 3.8) is 0 Å². The first kappa shape index (κ1) is 31.4. The highest BCUT2D eigenvalue weighted by Gasteiger charge is 2.54. The van der Waals surface area contributed by atoms with E-state index in [-0.39, 0.29) is 34.4 Å². The second-order valence-electron chi connectivity index (χ2n) is 11.8. The van der Waals surface area contributed by atoms with E-state index in [1.807, 2.05) is 0 Å². The summed E-state index contributed by atoms with van der Waals surface area (Å²) in [7, 11) is -4.06. The monoisotopic (exact) mass is 672 g/mol. The lowest BCUT2D eigenvalue weighted by Gasteiger charge is -2.49. The lowest BCUT2D eigenvalue weighted by Crippen LogP contribution is -2.71. The van der Waals surface area contributed by atoms with Gasteiger partial charge in [0.2, 0.25) is 0 Å². The van der Waals surface area contributed by atoms with Crippen LogP contribution < -0.4 is 14.8 Å². The van der Waals surface area contributed by atoms with E-state index in [2.05, 4.69) is 15.0 Å². The zero-order valence-electron chi connectivity index (χ0n) is 25.1. The standard InChI is InChI=1S/C30H29FN4O9S2/c1-14(36)42-11-15-13-45-28-25(27(38)35(28)26(15)29(39)44-30(2,3)4)33-22(37)12-43-17-6-7-18-21(10-17)46(40,41)34-24-19-9-16(31)5-8-20(19)32-23(18)24/h5-10,25,28,32,34H,11-13H2,1-4H3,(H,33,37). The number of hydrogen-bond acceptors (Lipinski definition) is 10. The number of fused-ring (bicyclic) bond motifs is 6. The van der Waals surface area contributed by atoms with Crippen LogP contribution in [0.3, 0.4) is 0 Å². The number of carbonyl (C=O) groups excluding carboxylic acids is 4. The van der Waals surface area contributed by atoms with Gasteiger partial charge in [0.15, 0.2) is 6.61 Å². The van der Waals surface area contributed by atoms with Crippen LogP contribution in [-0.4, -0.2) is 78.0 Å². The van der Waals surface area contributed by atoms with Crippen LogP contribution >= 0.6 is 11.8 Å². The molecule has 13 nitrogen and oxygen atoms in total. The van der Waals surface area contributed by atoms with Crippen LogP contribution in [0, 0.1) is 5.82 Å². The number of thioether (sulfide) groups is 1. The molecular formula is C30H29FN4O9S2. The predicted molar refractivity (Wildman–Crippen MR) is 165 cm³/mol. The molecule has 0 spiro atoms. The number of esters is 2. The smallest absolute Gasteiger partial charge is 0.355 e. The molecule has 1 saturated heterocycles. The van der Waals surface area contributed by atoms with Gasteiger partial charge in [-0.3, -0.25) is 24.0 Å². The third kappa shape index (κ3) is 5.77. The molecule has 3 aliphatic heterocycles. The molecule has 0 saturated carbocycles. The van der Waals surface area contributed by atoms with Crippen molar-refractivity contribution in [3.05, 3.63) is 53.5 Å². The van der Waals surface area contributed by atoms with Crippen molar-refractivity contribution < 1.29 is 46.2 Å². The number of benzene rings is 2. The molecule has 2 aromatic carbocycles. The number of sulfonamides is 1. The van der Waals surface area contributed by atoms with Gasteiger partial charge in [0.05, 0.1) is 11.4 Å². The Morgan fingerprint density at radius 1 is 1.15 bits per heavy atom. The normalized spacial score (nSPS) is 19.7. The Labute approximate surface area is 266 Å². The van der Waals surface area contributed by atoms with Gasteiger partial charge in [-0.05, 0) is 51.1 Å². The zero-order chi connectivity index (χ0) is 33.1. The highest BCUT2D eigenvalue weighted by molar-refractivity contribution is 8.00. The second kappa shape index (κ2) is 11.3. The number of halogens is 1. The molecule has 3 aliphatic rings. The fourth-order valence-electron chi connectivity index (χ4n) is 5.34. The molecule has 4 heterocycles. The Morgan fingerprint density at radius 3 is 2.63 bits per heavy atom. The minimum atomic E-state index is -4.06. The number of amides is 2. The van der Waals surface area contributed by atoms with Crippen LogP contribution in [0.25, 0.3) is 22.2 Å². The number of ether oxygens (including phenoxy) is 3. The molecule has 3 aromatic rings. The molecular weight excluding hydrogens is 643 g/mol. The molecule has 0 bridgehead atoms. The quantitative estimate of drug-likeness (QED) is 0.250. The van der Waals surface area contributed by atoms with E-state index in [9.17, 15) is 32.0 Å². The maximum atomic E-state index is 13.9. The van der Waals surface area contributed by atoms with Crippen LogP contribution in [0.5, 0.6) is 5.75 Å². The van der Waals surface area contributed by atoms with Crippen LogP contribution in [0.2, 0.25) is 0 Å². The summed E-state index contributed by atoms with van der Waals surface area (Å²) in [5.41, 5.74) is 1.14. The maximum absolute atomic E-state index is 13.9. The first-order valence-corrected chi connectivity index (χ1v) is 16.6. The lowest BCUT2D eigenvalue weighted by molar-refractivity contribution is -0.159. The summed E-state index contributed by atoms with van der Waals surface area (Å²) in [5.74, 6) is -2.66. The summed E-state index contributed by atoms with van der Waals surface area (Å²) >= 11 is 1.29. The minimum Gasteiger partial charge on any atom is -0.484 e. The molecule has 1 fully saturated rings. The van der Waals surface area contributed by atoms with Crippen molar-refractivity contribution >= 4 is 62.1 Å². The Balaban J connectivity index is 1.14. The van der Waals surface area contributed by atoms with Crippen molar-refractivity contribution in [2.24, 2.45) is 0 Å². The molecule has 16 heteroatoms. The number of rotatable bonds is 7. The van der Waals surface area contributed by atoms with E-state index in [0.717, 1.165) is 0 Å². The summed E-state index contributed by atoms with van der Waals surface area (Å²) in [5, 5.41) is 2.39. The number of hydrogen-bond donors (Lipinski definition) is 3. The number of β-lactam (4-membered cyclic amide) rings is 1. The molecule has 0 aliphatic carbocycles. The SMILES string of the molecule is CC(=O)OCC1=C(C(=O)OC(C)(C)C)N2C(=O)C(NC(=O)COc3ccc4c(c3)S(=O)(=O)Nc3c-4[nH]c4ccc(F)cc34)C2SC1. The number of nitrogens with zero attached hydrogens (tertiary/aromatic N) is 1. The van der Waals surface area contributed by atoms with Gasteiger partial charge in [0.1, 0.15) is 45.8 Å². The van der Waals surface area contributed by atoms with Crippen LogP contribution in [0.4, 0.5) is 10.1 Å². The molecule has 6 rings (SSSR count). The number of H-pyrrole nitrogens is 1. The average Bonchev–Trinajstić information content (AvgIpc) is 3.33. The second-order valence-corrected chi connectivity index (χ2v) is 14.6. The molecule has 2 unspecified atom stereocenters. The number of aromatic nitrogens is 1. The van der Waals surface area contributed by atoms with Gasteiger partial charge in [0, 0.05) is 40.8 Å². The number of carbonyl (C=O) groups is 4. The van der Waals surface area contributed by atoms with Crippen molar-refractivity contribution in [2.45, 2.75) is 49.6 Å². The summed E-state index contributed by atoms with van der Waals surface area (Å²) < 4.78 is 58.7. The highest BCUT2D eigenvalue weighted by atomic mass is 32.2. The van der Waals surface area contributed by atoms with Gasteiger partial charge in [-0.1, -0.05) is 0 Å². The van der Waals surface area contributed by atoms with Gasteiger partial charge in [0.25, 0.3) is 21.8 Å². The van der Waals surface area contributed by atoms with E-state index in [4.69, 9.17) is 14.2 Å². The van der Waals surface area contributed by atoms with Crippen LogP contribution in [0.1, 0.15) is 27.7 Å². The van der Waals surface area contributed by atoms with Gasteiger partial charge < -0.3 is 24.5 Å². The Morgan fingerprint density at radius 2 is 1.91 bits per heavy atom. The van der Waals surface area contributed by atoms with Crippen molar-refractivity contribution in [1.82, 2.24) is 15.2 Å². The van der Waals surface area contributed by atoms with Crippen molar-refractivity contribution in [3.8, 4) is 17.0 Å². The summed E-state index contributed by atoms with van der Waals surface area (Å²) in [6, 6.07) is 7.35. The number of aromatic amines is 1. The molecule has 2 amide bonds. The maximum Gasteiger partial charge on any atom is 0.355 e. The summed E-state index contributed by atoms with van der Waals surface area (Å²) in [4.78, 5) is 54.8. The van der Waals surface area contributed by atoms with E-state index in [1.165, 1.54) is 60.0 Å². The van der Waals surface area contributed by atoms with E-state index < -0.39 is 63.2 Å². The molecule has 3 N–H and O–H groups in total. The Bertz CT molecular complexity index is 1970. The average molecular weight is 673 g/mol. The van der Waals surface area contributed by atoms with Gasteiger partial charge in [-0.2, -0.15) is 0 Å². The van der Waals surface area contributed by atoms with Crippen LogP contribution in [0.15, 0.2) is 52.6 Å². The van der Waals surface area contributed by atoms with Crippen molar-refractivity contribution in [2.75, 3.05) is 23.7 Å². The lowest BCUT2D eigenvalue weighted by atomic mass is 10.0. The zero-order valence-corrected chi connectivity index (χ0v) is 26.7. The van der Waals surface area contributed by atoms with E-state index in [0.29, 0.717) is 27.7 Å². The fourth-order valence-corrected chi connectivity index (χ4v) is 7.99. The third-order valence-electron chi connectivity index (χ3n) is 7.28. The first-order valence-electron chi connectivity index (χ1n) is 14.1. The first-order chi connectivity index (χ1) is 21.6. The summed E-state index contributed by atoms with van der Waals surface area (Å²) in [6.07, 6.45) is 0. The van der Waals surface area contributed by atoms with Gasteiger partial charge >= 0.3 is 11.9 Å². The van der Waals surface area contributed by atoms with Gasteiger partial charge in [-0.15, -0.1) is 11.8 Å². The Hall–Kier alpha value is -4.57. The number of anilines is 1. The highest BCUT2D eigenvalue weighted by Crippen LogP contribution is 2.44. The molecule has 46 heavy (non-hydrogen) atoms. The largest absolute Gasteiger partial charge is 0.484 e. The summed E-state index contributed by atoms with van der Waals surface area (Å²) in [6.45, 7) is 5.56. The fraction of sp³-hybridized carbons (Fsp3) is 0.333. The van der Waals surface area contributed by atoms with Crippen molar-refractivity contribution in [1.29, 1.82) is 0 Å². The topological polar surface area (TPSA) is 173 Å². The van der Waals surface area contributed by atoms with Gasteiger partial charge in [-0.25, -0.2) is 17.6 Å². The van der Waals surface area contributed by atoms with E-state index in [1.54, 1.807) is 20.8 Å². The van der Waals surface area contributed by atoms with Crippen LogP contribution in [-0.2, 0) is 38.7 Å². The molecule has 2 atom stereocenters. The predicted octanol–water partition coefficient (Wildman–Crippen LogP) is 3.03. The van der Waals surface area contributed by atoms with E-state index >= 15 is 0 Å². The molecule has 0 radical (unpaired) electrons. The minimum absolute atomic E-state index is 0.0150. The number of nitrogens with one attached hydrogen (secondary N) is 3.